The van der Waals surface area contributed by atoms with Gasteiger partial charge in [-0.05, 0) is 42.9 Å². The fourth-order valence-electron chi connectivity index (χ4n) is 2.68. The second-order valence-corrected chi connectivity index (χ2v) is 5.76. The predicted molar refractivity (Wildman–Crippen MR) is 88.4 cm³/mol. The molecule has 0 unspecified atom stereocenters. The maximum atomic E-state index is 12.2. The number of benzene rings is 1. The van der Waals surface area contributed by atoms with Crippen LogP contribution < -0.4 is 16.0 Å². The number of carbonyl (C=O) groups excluding carboxylic acids is 2. The maximum Gasteiger partial charge on any atom is 0.319 e. The second-order valence-electron chi connectivity index (χ2n) is 5.35. The largest absolute Gasteiger partial charge is 0.354 e. The van der Waals surface area contributed by atoms with Crippen LogP contribution in [0, 0.1) is 0 Å². The summed E-state index contributed by atoms with van der Waals surface area (Å²) in [4.78, 5) is 23.9. The molecule has 6 heteroatoms. The number of carbonyl (C=O) groups is 2. The second kappa shape index (κ2) is 7.49. The Balaban J connectivity index is 2.13. The van der Waals surface area contributed by atoms with Crippen molar-refractivity contribution in [3.05, 3.63) is 28.3 Å². The van der Waals surface area contributed by atoms with Crippen LogP contribution in [0.2, 0.25) is 5.02 Å². The average Bonchev–Trinajstić information content (AvgIpc) is 2.50. The van der Waals surface area contributed by atoms with E-state index in [1.807, 2.05) is 26.0 Å². The third-order valence-corrected chi connectivity index (χ3v) is 4.26. The zero-order chi connectivity index (χ0) is 16.1. The molecule has 1 fully saturated rings. The van der Waals surface area contributed by atoms with E-state index in [0.717, 1.165) is 36.1 Å². The Morgan fingerprint density at radius 1 is 1.36 bits per heavy atom. The molecular formula is C16H22ClN3O2. The molecule has 1 heterocycles. The van der Waals surface area contributed by atoms with E-state index < -0.39 is 6.04 Å². The van der Waals surface area contributed by atoms with Crippen molar-refractivity contribution in [3.8, 4) is 0 Å². The van der Waals surface area contributed by atoms with Gasteiger partial charge in [0.05, 0.1) is 5.69 Å². The van der Waals surface area contributed by atoms with Crippen molar-refractivity contribution >= 4 is 29.2 Å². The van der Waals surface area contributed by atoms with Gasteiger partial charge in [-0.1, -0.05) is 31.5 Å². The topological polar surface area (TPSA) is 70.2 Å². The van der Waals surface area contributed by atoms with Crippen LogP contribution in [0.25, 0.3) is 0 Å². The Labute approximate surface area is 135 Å². The van der Waals surface area contributed by atoms with E-state index in [2.05, 4.69) is 16.0 Å². The number of aryl methyl sites for hydroxylation is 1. The average molecular weight is 324 g/mol. The number of hydrogen-bond acceptors (Lipinski definition) is 2. The highest BCUT2D eigenvalue weighted by Crippen LogP contribution is 2.29. The Hall–Kier alpha value is -1.75. The monoisotopic (exact) mass is 323 g/mol. The number of rotatable bonds is 4. The van der Waals surface area contributed by atoms with E-state index in [0.29, 0.717) is 18.0 Å². The normalized spacial score (nSPS) is 17.8. The molecule has 3 amide bonds. The molecule has 0 spiro atoms. The molecule has 0 aliphatic carbocycles. The molecule has 1 saturated heterocycles. The predicted octanol–water partition coefficient (Wildman–Crippen LogP) is 2.86. The van der Waals surface area contributed by atoms with Gasteiger partial charge in [-0.15, -0.1) is 0 Å². The van der Waals surface area contributed by atoms with Gasteiger partial charge in [-0.3, -0.25) is 4.79 Å². The van der Waals surface area contributed by atoms with E-state index in [1.54, 1.807) is 0 Å². The molecule has 1 aromatic carbocycles. The van der Waals surface area contributed by atoms with Gasteiger partial charge in [-0.25, -0.2) is 4.79 Å². The van der Waals surface area contributed by atoms with Crippen LogP contribution in [-0.2, 0) is 17.6 Å². The minimum atomic E-state index is -0.469. The Bertz CT molecular complexity index is 575. The zero-order valence-electron chi connectivity index (χ0n) is 13.0. The van der Waals surface area contributed by atoms with Crippen molar-refractivity contribution in [3.63, 3.8) is 0 Å². The van der Waals surface area contributed by atoms with Gasteiger partial charge < -0.3 is 16.0 Å². The molecule has 3 N–H and O–H groups in total. The highest BCUT2D eigenvalue weighted by molar-refractivity contribution is 6.32. The highest BCUT2D eigenvalue weighted by Gasteiger charge is 2.24. The summed E-state index contributed by atoms with van der Waals surface area (Å²) in [7, 11) is 0. The molecule has 120 valence electrons. The molecule has 0 saturated carbocycles. The van der Waals surface area contributed by atoms with Crippen molar-refractivity contribution in [2.24, 2.45) is 0 Å². The lowest BCUT2D eigenvalue weighted by atomic mass is 10.0. The summed E-state index contributed by atoms with van der Waals surface area (Å²) in [6, 6.07) is 2.94. The van der Waals surface area contributed by atoms with Crippen molar-refractivity contribution in [2.75, 3.05) is 11.9 Å². The summed E-state index contributed by atoms with van der Waals surface area (Å²) in [5.74, 6) is -0.126. The first kappa shape index (κ1) is 16.6. The number of anilines is 1. The summed E-state index contributed by atoms with van der Waals surface area (Å²) in [6.45, 7) is 4.70. The number of urea groups is 1. The smallest absolute Gasteiger partial charge is 0.319 e. The SMILES string of the molecule is CCc1ccc(Cl)c(CC)c1NC(=O)N[C@@H]1CCCNC1=O. The zero-order valence-corrected chi connectivity index (χ0v) is 13.7. The summed E-state index contributed by atoms with van der Waals surface area (Å²) in [5.41, 5.74) is 2.71. The molecule has 0 radical (unpaired) electrons. The standard InChI is InChI=1S/C16H22ClN3O2/c1-3-10-7-8-12(17)11(4-2)14(10)20-16(22)19-13-6-5-9-18-15(13)21/h7-8,13H,3-6,9H2,1-2H3,(H,18,21)(H2,19,20,22)/t13-/m1/s1. The summed E-state index contributed by atoms with van der Waals surface area (Å²) >= 11 is 6.22. The van der Waals surface area contributed by atoms with Gasteiger partial charge >= 0.3 is 6.03 Å². The van der Waals surface area contributed by atoms with Crippen LogP contribution in [0.15, 0.2) is 12.1 Å². The fourth-order valence-corrected chi connectivity index (χ4v) is 2.98. The number of amides is 3. The van der Waals surface area contributed by atoms with Gasteiger partial charge in [0.25, 0.3) is 0 Å². The van der Waals surface area contributed by atoms with Gasteiger partial charge in [0, 0.05) is 11.6 Å². The van der Waals surface area contributed by atoms with Gasteiger partial charge in [0.15, 0.2) is 0 Å². The van der Waals surface area contributed by atoms with Gasteiger partial charge in [-0.2, -0.15) is 0 Å². The van der Waals surface area contributed by atoms with E-state index in [4.69, 9.17) is 11.6 Å². The van der Waals surface area contributed by atoms with Crippen LogP contribution in [0.1, 0.15) is 37.8 Å². The maximum absolute atomic E-state index is 12.2. The molecule has 1 aliphatic heterocycles. The quantitative estimate of drug-likeness (QED) is 0.797. The van der Waals surface area contributed by atoms with E-state index in [1.165, 1.54) is 0 Å². The minimum absolute atomic E-state index is 0.126. The fraction of sp³-hybridized carbons (Fsp3) is 0.500. The first-order valence-electron chi connectivity index (χ1n) is 7.72. The van der Waals surface area contributed by atoms with E-state index in [9.17, 15) is 9.59 Å². The number of halogens is 1. The summed E-state index contributed by atoms with van der Waals surface area (Å²) in [5, 5.41) is 9.01. The molecule has 5 nitrogen and oxygen atoms in total. The molecule has 2 rings (SSSR count). The Morgan fingerprint density at radius 3 is 2.77 bits per heavy atom. The molecule has 1 atom stereocenters. The van der Waals surface area contributed by atoms with E-state index in [-0.39, 0.29) is 11.9 Å². The molecule has 1 aliphatic rings. The summed E-state index contributed by atoms with van der Waals surface area (Å²) in [6.07, 6.45) is 3.06. The van der Waals surface area contributed by atoms with Crippen molar-refractivity contribution < 1.29 is 9.59 Å². The number of hydrogen-bond donors (Lipinski definition) is 3. The Morgan fingerprint density at radius 2 is 2.14 bits per heavy atom. The van der Waals surface area contributed by atoms with Gasteiger partial charge in [0.2, 0.25) is 5.91 Å². The van der Waals surface area contributed by atoms with Crippen molar-refractivity contribution in [1.29, 1.82) is 0 Å². The highest BCUT2D eigenvalue weighted by atomic mass is 35.5. The Kier molecular flexibility index (Phi) is 5.66. The van der Waals surface area contributed by atoms with Crippen LogP contribution in [0.3, 0.4) is 0 Å². The molecule has 0 bridgehead atoms. The minimum Gasteiger partial charge on any atom is -0.354 e. The third kappa shape index (κ3) is 3.71. The van der Waals surface area contributed by atoms with Crippen LogP contribution in [0.4, 0.5) is 10.5 Å². The third-order valence-electron chi connectivity index (χ3n) is 3.91. The molecule has 22 heavy (non-hydrogen) atoms. The first-order valence-corrected chi connectivity index (χ1v) is 8.10. The molecular weight excluding hydrogens is 302 g/mol. The van der Waals surface area contributed by atoms with Gasteiger partial charge in [0.1, 0.15) is 6.04 Å². The van der Waals surface area contributed by atoms with E-state index >= 15 is 0 Å². The van der Waals surface area contributed by atoms with Crippen LogP contribution in [-0.4, -0.2) is 24.5 Å². The lowest BCUT2D eigenvalue weighted by Crippen LogP contribution is -2.51. The molecule has 1 aromatic rings. The van der Waals surface area contributed by atoms with Crippen LogP contribution in [0.5, 0.6) is 0 Å². The lowest BCUT2D eigenvalue weighted by Gasteiger charge is -2.23. The van der Waals surface area contributed by atoms with Crippen molar-refractivity contribution in [1.82, 2.24) is 10.6 Å². The van der Waals surface area contributed by atoms with Crippen LogP contribution >= 0.6 is 11.6 Å². The number of nitrogens with one attached hydrogen (secondary N) is 3. The number of piperidine rings is 1. The first-order chi connectivity index (χ1) is 10.6. The molecule has 0 aromatic heterocycles. The van der Waals surface area contributed by atoms with Crippen molar-refractivity contribution in [2.45, 2.75) is 45.6 Å². The lowest BCUT2D eigenvalue weighted by molar-refractivity contribution is -0.124. The summed E-state index contributed by atoms with van der Waals surface area (Å²) < 4.78 is 0.